The number of primary amides is 1. The van der Waals surface area contributed by atoms with E-state index < -0.39 is 29.0 Å². The van der Waals surface area contributed by atoms with E-state index in [1.165, 1.54) is 24.3 Å². The van der Waals surface area contributed by atoms with Crippen molar-refractivity contribution in [1.29, 1.82) is 0 Å². The second-order valence-corrected chi connectivity index (χ2v) is 7.43. The highest BCUT2D eigenvalue weighted by Gasteiger charge is 2.55. The van der Waals surface area contributed by atoms with E-state index in [0.717, 1.165) is 6.07 Å². The number of hydrogen-bond donors (Lipinski definition) is 2. The maximum Gasteiger partial charge on any atom is 0.420 e. The van der Waals surface area contributed by atoms with Crippen molar-refractivity contribution in [3.8, 4) is 11.5 Å². The van der Waals surface area contributed by atoms with Crippen LogP contribution in [0.25, 0.3) is 0 Å². The molecular formula is C19H16BrF3N2O3. The molecule has 5 nitrogen and oxygen atoms in total. The monoisotopic (exact) mass is 456 g/mol. The number of rotatable bonds is 6. The molecule has 0 atom stereocenters. The predicted octanol–water partition coefficient (Wildman–Crippen LogP) is 4.14. The summed E-state index contributed by atoms with van der Waals surface area (Å²) in [4.78, 5) is 23.4. The molecule has 148 valence electrons. The molecule has 2 aromatic rings. The van der Waals surface area contributed by atoms with Crippen LogP contribution in [0.3, 0.4) is 0 Å². The van der Waals surface area contributed by atoms with E-state index in [2.05, 4.69) is 21.2 Å². The first-order valence-electron chi connectivity index (χ1n) is 8.33. The standard InChI is InChI=1S/C19H16BrF3N2O3/c20-12-3-6-15(14(9-12)19(21,22)23)28-13-4-1-11(2-5-13)10-25-17(27)18(7-8-18)16(24)26/h1-6,9H,7-8,10H2,(H2,24,26)(H,25,27). The number of alkyl halides is 3. The number of hydrogen-bond acceptors (Lipinski definition) is 3. The summed E-state index contributed by atoms with van der Waals surface area (Å²) in [6, 6.07) is 9.89. The molecule has 0 bridgehead atoms. The van der Waals surface area contributed by atoms with Gasteiger partial charge in [0.2, 0.25) is 11.8 Å². The Kier molecular flexibility index (Phi) is 5.38. The molecule has 1 aliphatic carbocycles. The SMILES string of the molecule is NC(=O)C1(C(=O)NCc2ccc(Oc3ccc(Br)cc3C(F)(F)F)cc2)CC1. The van der Waals surface area contributed by atoms with Gasteiger partial charge in [-0.15, -0.1) is 0 Å². The van der Waals surface area contributed by atoms with Crippen molar-refractivity contribution in [2.45, 2.75) is 25.6 Å². The van der Waals surface area contributed by atoms with Crippen LogP contribution in [0.4, 0.5) is 13.2 Å². The first kappa shape index (κ1) is 20.2. The number of benzene rings is 2. The molecule has 1 saturated carbocycles. The molecule has 0 unspecified atom stereocenters. The molecule has 28 heavy (non-hydrogen) atoms. The summed E-state index contributed by atoms with van der Waals surface area (Å²) in [6.07, 6.45) is -3.67. The van der Waals surface area contributed by atoms with Crippen molar-refractivity contribution in [2.75, 3.05) is 0 Å². The second kappa shape index (κ2) is 7.46. The molecule has 0 radical (unpaired) electrons. The quantitative estimate of drug-likeness (QED) is 0.640. The van der Waals surface area contributed by atoms with Gasteiger partial charge in [0.1, 0.15) is 16.9 Å². The van der Waals surface area contributed by atoms with E-state index in [1.54, 1.807) is 12.1 Å². The van der Waals surface area contributed by atoms with E-state index in [9.17, 15) is 22.8 Å². The van der Waals surface area contributed by atoms with Gasteiger partial charge in [0, 0.05) is 11.0 Å². The molecule has 1 aliphatic rings. The van der Waals surface area contributed by atoms with Crippen molar-refractivity contribution in [3.63, 3.8) is 0 Å². The fourth-order valence-electron chi connectivity index (χ4n) is 2.68. The van der Waals surface area contributed by atoms with Gasteiger partial charge in [0.15, 0.2) is 0 Å². The molecule has 1 fully saturated rings. The third kappa shape index (κ3) is 4.30. The van der Waals surface area contributed by atoms with E-state index >= 15 is 0 Å². The summed E-state index contributed by atoms with van der Waals surface area (Å²) >= 11 is 3.02. The first-order valence-corrected chi connectivity index (χ1v) is 9.13. The van der Waals surface area contributed by atoms with Crippen LogP contribution in [-0.2, 0) is 22.3 Å². The number of ether oxygens (including phenoxy) is 1. The van der Waals surface area contributed by atoms with Gasteiger partial charge in [-0.3, -0.25) is 9.59 Å². The number of halogens is 4. The smallest absolute Gasteiger partial charge is 0.420 e. The van der Waals surface area contributed by atoms with Gasteiger partial charge in [0.25, 0.3) is 0 Å². The summed E-state index contributed by atoms with van der Waals surface area (Å²) in [5.41, 5.74) is 3.96. The number of nitrogens with two attached hydrogens (primary N) is 1. The number of amides is 2. The minimum absolute atomic E-state index is 0.167. The van der Waals surface area contributed by atoms with Crippen molar-refractivity contribution < 1.29 is 27.5 Å². The van der Waals surface area contributed by atoms with Gasteiger partial charge in [-0.2, -0.15) is 13.2 Å². The van der Waals surface area contributed by atoms with Crippen LogP contribution in [0.1, 0.15) is 24.0 Å². The second-order valence-electron chi connectivity index (χ2n) is 6.51. The fourth-order valence-corrected chi connectivity index (χ4v) is 3.04. The molecule has 0 heterocycles. The largest absolute Gasteiger partial charge is 0.457 e. The minimum Gasteiger partial charge on any atom is -0.457 e. The van der Waals surface area contributed by atoms with Crippen molar-refractivity contribution >= 4 is 27.7 Å². The molecule has 0 aromatic heterocycles. The Morgan fingerprint density at radius 1 is 1.14 bits per heavy atom. The van der Waals surface area contributed by atoms with Gasteiger partial charge in [-0.25, -0.2) is 0 Å². The van der Waals surface area contributed by atoms with Gasteiger partial charge in [-0.1, -0.05) is 28.1 Å². The number of carbonyl (C=O) groups excluding carboxylic acids is 2. The minimum atomic E-state index is -4.55. The fraction of sp³-hybridized carbons (Fsp3) is 0.263. The van der Waals surface area contributed by atoms with Crippen molar-refractivity contribution in [3.05, 3.63) is 58.1 Å². The third-order valence-electron chi connectivity index (χ3n) is 4.51. The Bertz CT molecular complexity index is 910. The van der Waals surface area contributed by atoms with Gasteiger partial charge in [-0.05, 0) is 48.7 Å². The van der Waals surface area contributed by atoms with Crippen LogP contribution >= 0.6 is 15.9 Å². The Morgan fingerprint density at radius 3 is 2.32 bits per heavy atom. The van der Waals surface area contributed by atoms with Gasteiger partial charge in [0.05, 0.1) is 5.56 Å². The lowest BCUT2D eigenvalue weighted by Gasteiger charge is -2.15. The predicted molar refractivity (Wildman–Crippen MR) is 98.4 cm³/mol. The average molecular weight is 457 g/mol. The molecule has 0 saturated heterocycles. The van der Waals surface area contributed by atoms with Crippen LogP contribution in [0, 0.1) is 5.41 Å². The molecule has 0 aliphatic heterocycles. The zero-order valence-corrected chi connectivity index (χ0v) is 16.1. The molecule has 2 amide bonds. The highest BCUT2D eigenvalue weighted by molar-refractivity contribution is 9.10. The van der Waals surface area contributed by atoms with Crippen LogP contribution in [0.2, 0.25) is 0 Å². The summed E-state index contributed by atoms with van der Waals surface area (Å²) in [6.45, 7) is 0.167. The lowest BCUT2D eigenvalue weighted by molar-refractivity contribution is -0.139. The highest BCUT2D eigenvalue weighted by Crippen LogP contribution is 2.45. The lowest BCUT2D eigenvalue weighted by Crippen LogP contribution is -2.40. The molecule has 0 spiro atoms. The van der Waals surface area contributed by atoms with E-state index in [1.807, 2.05) is 0 Å². The maximum atomic E-state index is 13.2. The van der Waals surface area contributed by atoms with Crippen molar-refractivity contribution in [2.24, 2.45) is 11.1 Å². The number of carbonyl (C=O) groups is 2. The van der Waals surface area contributed by atoms with Crippen LogP contribution < -0.4 is 15.8 Å². The van der Waals surface area contributed by atoms with E-state index in [-0.39, 0.29) is 18.0 Å². The van der Waals surface area contributed by atoms with E-state index in [0.29, 0.717) is 22.9 Å². The summed E-state index contributed by atoms with van der Waals surface area (Å²) < 4.78 is 45.1. The highest BCUT2D eigenvalue weighted by atomic mass is 79.9. The van der Waals surface area contributed by atoms with Crippen molar-refractivity contribution in [1.82, 2.24) is 5.32 Å². The summed E-state index contributed by atoms with van der Waals surface area (Å²) in [5.74, 6) is -1.14. The Balaban J connectivity index is 1.66. The summed E-state index contributed by atoms with van der Waals surface area (Å²) in [7, 11) is 0. The topological polar surface area (TPSA) is 81.4 Å². The third-order valence-corrected chi connectivity index (χ3v) is 5.00. The van der Waals surface area contributed by atoms with E-state index in [4.69, 9.17) is 10.5 Å². The Labute approximate surface area is 167 Å². The molecule has 3 N–H and O–H groups in total. The average Bonchev–Trinajstić information content (AvgIpc) is 3.43. The zero-order chi connectivity index (χ0) is 20.5. The lowest BCUT2D eigenvalue weighted by atomic mass is 10.1. The normalized spacial score (nSPS) is 15.0. The first-order chi connectivity index (χ1) is 13.1. The molecule has 3 rings (SSSR count). The van der Waals surface area contributed by atoms with Crippen LogP contribution in [0.15, 0.2) is 46.9 Å². The van der Waals surface area contributed by atoms with Gasteiger partial charge < -0.3 is 15.8 Å². The number of nitrogens with one attached hydrogen (secondary N) is 1. The molecule has 9 heteroatoms. The van der Waals surface area contributed by atoms with Crippen LogP contribution in [-0.4, -0.2) is 11.8 Å². The summed E-state index contributed by atoms with van der Waals surface area (Å²) in [5, 5.41) is 2.65. The zero-order valence-electron chi connectivity index (χ0n) is 14.5. The molecule has 2 aromatic carbocycles. The Morgan fingerprint density at radius 2 is 1.79 bits per heavy atom. The van der Waals surface area contributed by atoms with Crippen LogP contribution in [0.5, 0.6) is 11.5 Å². The maximum absolute atomic E-state index is 13.2. The Hall–Kier alpha value is -2.55. The molecular weight excluding hydrogens is 441 g/mol. The van der Waals surface area contributed by atoms with Gasteiger partial charge >= 0.3 is 6.18 Å².